The van der Waals surface area contributed by atoms with Crippen LogP contribution in [-0.2, 0) is 9.59 Å². The molecule has 0 radical (unpaired) electrons. The third-order valence-electron chi connectivity index (χ3n) is 4.50. The molecule has 0 bridgehead atoms. The summed E-state index contributed by atoms with van der Waals surface area (Å²) in [6, 6.07) is -0.175. The highest BCUT2D eigenvalue weighted by atomic mass is 16.2. The molecule has 1 saturated heterocycles. The zero-order chi connectivity index (χ0) is 14.6. The van der Waals surface area contributed by atoms with Crippen molar-refractivity contribution in [3.8, 4) is 0 Å². The van der Waals surface area contributed by atoms with Gasteiger partial charge in [0.15, 0.2) is 0 Å². The average Bonchev–Trinajstić information content (AvgIpc) is 2.42. The second-order valence-electron chi connectivity index (χ2n) is 5.52. The Hall–Kier alpha value is -1.06. The van der Waals surface area contributed by atoms with Gasteiger partial charge < -0.3 is 10.2 Å². The van der Waals surface area contributed by atoms with Crippen molar-refractivity contribution in [1.82, 2.24) is 10.2 Å². The average molecular weight is 268 g/mol. The van der Waals surface area contributed by atoms with E-state index in [1.165, 1.54) is 0 Å². The molecule has 19 heavy (non-hydrogen) atoms. The van der Waals surface area contributed by atoms with Crippen LogP contribution in [-0.4, -0.2) is 34.3 Å². The Kier molecular flexibility index (Phi) is 5.39. The van der Waals surface area contributed by atoms with E-state index in [1.54, 1.807) is 0 Å². The first-order chi connectivity index (χ1) is 8.97. The number of hydrogen-bond donors (Lipinski definition) is 1. The first-order valence-corrected chi connectivity index (χ1v) is 7.62. The van der Waals surface area contributed by atoms with Crippen LogP contribution in [0.1, 0.15) is 66.7 Å². The van der Waals surface area contributed by atoms with Crippen molar-refractivity contribution >= 4 is 11.8 Å². The van der Waals surface area contributed by atoms with Crippen molar-refractivity contribution < 1.29 is 9.59 Å². The van der Waals surface area contributed by atoms with Gasteiger partial charge in [0.2, 0.25) is 11.8 Å². The zero-order valence-electron chi connectivity index (χ0n) is 13.0. The summed E-state index contributed by atoms with van der Waals surface area (Å²) in [6.07, 6.45) is 4.20. The predicted octanol–water partition coefficient (Wildman–Crippen LogP) is 2.47. The summed E-state index contributed by atoms with van der Waals surface area (Å²) >= 11 is 0. The maximum absolute atomic E-state index is 12.9. The fourth-order valence-electron chi connectivity index (χ4n) is 3.03. The molecule has 1 rings (SSSR count). The Morgan fingerprint density at radius 2 is 1.79 bits per heavy atom. The number of carbonyl (C=O) groups excluding carboxylic acids is 2. The van der Waals surface area contributed by atoms with Gasteiger partial charge in [-0.2, -0.15) is 0 Å². The maximum atomic E-state index is 12.9. The lowest BCUT2D eigenvalue weighted by molar-refractivity contribution is -0.158. The van der Waals surface area contributed by atoms with Gasteiger partial charge in [-0.15, -0.1) is 0 Å². The molecule has 1 heterocycles. The van der Waals surface area contributed by atoms with Crippen LogP contribution in [0.15, 0.2) is 0 Å². The minimum absolute atomic E-state index is 0.0159. The highest BCUT2D eigenvalue weighted by molar-refractivity contribution is 5.99. The number of hydrogen-bond acceptors (Lipinski definition) is 2. The molecule has 0 aromatic carbocycles. The lowest BCUT2D eigenvalue weighted by Crippen LogP contribution is -2.71. The Labute approximate surface area is 116 Å². The monoisotopic (exact) mass is 268 g/mol. The summed E-state index contributed by atoms with van der Waals surface area (Å²) in [6.45, 7) is 9.98. The molecule has 1 aliphatic heterocycles. The van der Waals surface area contributed by atoms with E-state index in [-0.39, 0.29) is 23.9 Å². The number of rotatable bonds is 6. The normalized spacial score (nSPS) is 24.3. The van der Waals surface area contributed by atoms with E-state index >= 15 is 0 Å². The van der Waals surface area contributed by atoms with E-state index in [0.717, 1.165) is 19.3 Å². The SMILES string of the molecule is CCCC(CC)N1C(=O)C(CC)(CC)NC(=O)C1C. The molecular weight excluding hydrogens is 240 g/mol. The van der Waals surface area contributed by atoms with Crippen molar-refractivity contribution in [2.45, 2.75) is 84.3 Å². The highest BCUT2D eigenvalue weighted by Crippen LogP contribution is 2.28. The Morgan fingerprint density at radius 1 is 1.21 bits per heavy atom. The number of nitrogens with zero attached hydrogens (tertiary/aromatic N) is 1. The number of amides is 2. The smallest absolute Gasteiger partial charge is 0.249 e. The molecule has 110 valence electrons. The van der Waals surface area contributed by atoms with Gasteiger partial charge >= 0.3 is 0 Å². The lowest BCUT2D eigenvalue weighted by atomic mass is 9.86. The van der Waals surface area contributed by atoms with Crippen molar-refractivity contribution in [3.05, 3.63) is 0 Å². The first kappa shape index (κ1) is 16.0. The molecule has 0 spiro atoms. The summed E-state index contributed by atoms with van der Waals surface area (Å²) in [4.78, 5) is 26.9. The standard InChI is InChI=1S/C15H28N2O2/c1-6-10-12(7-2)17-11(5)13(18)16-15(8-3,9-4)14(17)19/h11-12H,6-10H2,1-5H3,(H,16,18). The molecule has 1 fully saturated rings. The largest absolute Gasteiger partial charge is 0.340 e. The van der Waals surface area contributed by atoms with Gasteiger partial charge in [0, 0.05) is 6.04 Å². The van der Waals surface area contributed by atoms with E-state index in [9.17, 15) is 9.59 Å². The van der Waals surface area contributed by atoms with Crippen LogP contribution in [0.3, 0.4) is 0 Å². The number of piperazine rings is 1. The van der Waals surface area contributed by atoms with Gasteiger partial charge in [-0.1, -0.05) is 34.1 Å². The van der Waals surface area contributed by atoms with Gasteiger partial charge in [0.1, 0.15) is 11.6 Å². The van der Waals surface area contributed by atoms with Gasteiger partial charge in [-0.25, -0.2) is 0 Å². The van der Waals surface area contributed by atoms with E-state index in [2.05, 4.69) is 19.2 Å². The van der Waals surface area contributed by atoms with Crippen LogP contribution >= 0.6 is 0 Å². The summed E-state index contributed by atoms with van der Waals surface area (Å²) in [5.74, 6) is 0.0859. The van der Waals surface area contributed by atoms with Gasteiger partial charge in [0.05, 0.1) is 0 Å². The van der Waals surface area contributed by atoms with Gasteiger partial charge in [-0.05, 0) is 32.6 Å². The van der Waals surface area contributed by atoms with Crippen molar-refractivity contribution in [2.75, 3.05) is 0 Å². The fourth-order valence-corrected chi connectivity index (χ4v) is 3.03. The van der Waals surface area contributed by atoms with E-state index in [1.807, 2.05) is 25.7 Å². The molecule has 0 aromatic heterocycles. The molecule has 1 N–H and O–H groups in total. The molecule has 0 aliphatic carbocycles. The second kappa shape index (κ2) is 6.40. The van der Waals surface area contributed by atoms with Gasteiger partial charge in [0.25, 0.3) is 0 Å². The number of nitrogens with one attached hydrogen (secondary N) is 1. The highest BCUT2D eigenvalue weighted by Gasteiger charge is 2.48. The van der Waals surface area contributed by atoms with Crippen LogP contribution in [0, 0.1) is 0 Å². The first-order valence-electron chi connectivity index (χ1n) is 7.62. The van der Waals surface area contributed by atoms with Crippen molar-refractivity contribution in [2.24, 2.45) is 0 Å². The van der Waals surface area contributed by atoms with E-state index in [0.29, 0.717) is 12.8 Å². The van der Waals surface area contributed by atoms with E-state index in [4.69, 9.17) is 0 Å². The summed E-state index contributed by atoms with van der Waals surface area (Å²) in [5, 5.41) is 2.95. The molecule has 2 amide bonds. The van der Waals surface area contributed by atoms with Crippen LogP contribution < -0.4 is 5.32 Å². The van der Waals surface area contributed by atoms with Crippen molar-refractivity contribution in [1.29, 1.82) is 0 Å². The molecule has 2 atom stereocenters. The third kappa shape index (κ3) is 2.77. The van der Waals surface area contributed by atoms with Crippen LogP contribution in [0.2, 0.25) is 0 Å². The van der Waals surface area contributed by atoms with Crippen LogP contribution in [0.4, 0.5) is 0 Å². The van der Waals surface area contributed by atoms with Crippen LogP contribution in [0.25, 0.3) is 0 Å². The summed E-state index contributed by atoms with van der Waals surface area (Å²) < 4.78 is 0. The van der Waals surface area contributed by atoms with Crippen LogP contribution in [0.5, 0.6) is 0 Å². The fraction of sp³-hybridized carbons (Fsp3) is 0.867. The topological polar surface area (TPSA) is 49.4 Å². The second-order valence-corrected chi connectivity index (χ2v) is 5.52. The summed E-state index contributed by atoms with van der Waals surface area (Å²) in [5.41, 5.74) is -0.690. The molecular formula is C15H28N2O2. The van der Waals surface area contributed by atoms with E-state index < -0.39 is 5.54 Å². The Bertz CT molecular complexity index is 337. The van der Waals surface area contributed by atoms with Gasteiger partial charge in [-0.3, -0.25) is 9.59 Å². The molecule has 4 nitrogen and oxygen atoms in total. The minimum Gasteiger partial charge on any atom is -0.340 e. The summed E-state index contributed by atoms with van der Waals surface area (Å²) in [7, 11) is 0. The van der Waals surface area contributed by atoms with Crippen molar-refractivity contribution in [3.63, 3.8) is 0 Å². The molecule has 2 unspecified atom stereocenters. The maximum Gasteiger partial charge on any atom is 0.249 e. The minimum atomic E-state index is -0.690. The molecule has 4 heteroatoms. The predicted molar refractivity (Wildman–Crippen MR) is 76.8 cm³/mol. The molecule has 0 aromatic rings. The Balaban J connectivity index is 3.11. The third-order valence-corrected chi connectivity index (χ3v) is 4.50. The lowest BCUT2D eigenvalue weighted by Gasteiger charge is -2.47. The zero-order valence-corrected chi connectivity index (χ0v) is 13.0. The Morgan fingerprint density at radius 3 is 2.21 bits per heavy atom. The molecule has 1 aliphatic rings. The molecule has 0 saturated carbocycles. The quantitative estimate of drug-likeness (QED) is 0.804. The number of carbonyl (C=O) groups is 2.